The highest BCUT2D eigenvalue weighted by molar-refractivity contribution is 5.14. The van der Waals surface area contributed by atoms with Crippen molar-refractivity contribution in [3.63, 3.8) is 0 Å². The van der Waals surface area contributed by atoms with Gasteiger partial charge in [0.15, 0.2) is 0 Å². The smallest absolute Gasteiger partial charge is 0.0208 e. The van der Waals surface area contributed by atoms with Crippen LogP contribution in [0, 0.1) is 0 Å². The van der Waals surface area contributed by atoms with Crippen LogP contribution in [0.1, 0.15) is 18.4 Å². The van der Waals surface area contributed by atoms with E-state index in [1.54, 1.807) is 0 Å². The van der Waals surface area contributed by atoms with Crippen molar-refractivity contribution >= 4 is 0 Å². The van der Waals surface area contributed by atoms with Crippen LogP contribution in [-0.2, 0) is 6.54 Å². The summed E-state index contributed by atoms with van der Waals surface area (Å²) in [6, 6.07) is 11.3. The van der Waals surface area contributed by atoms with Gasteiger partial charge in [0.1, 0.15) is 0 Å². The van der Waals surface area contributed by atoms with E-state index in [0.717, 1.165) is 19.6 Å². The van der Waals surface area contributed by atoms with E-state index < -0.39 is 0 Å². The third-order valence-corrected chi connectivity index (χ3v) is 2.78. The van der Waals surface area contributed by atoms with Crippen molar-refractivity contribution in [2.75, 3.05) is 13.1 Å². The first-order chi connectivity index (χ1) is 6.95. The summed E-state index contributed by atoms with van der Waals surface area (Å²) in [6.07, 6.45) is 2.51. The summed E-state index contributed by atoms with van der Waals surface area (Å²) in [7, 11) is 0. The van der Waals surface area contributed by atoms with Gasteiger partial charge in [-0.15, -0.1) is 0 Å². The summed E-state index contributed by atoms with van der Waals surface area (Å²) in [4.78, 5) is 0. The fourth-order valence-corrected chi connectivity index (χ4v) is 1.88. The molecule has 1 aliphatic rings. The molecule has 0 aliphatic carbocycles. The number of nitrogens with one attached hydrogen (secondary N) is 2. The maximum atomic E-state index is 3.60. The highest BCUT2D eigenvalue weighted by Crippen LogP contribution is 2.04. The lowest BCUT2D eigenvalue weighted by atomic mass is 10.1. The SMILES string of the molecule is c1ccc(CNC2CCNCC2)cc1. The molecule has 1 fully saturated rings. The zero-order valence-corrected chi connectivity index (χ0v) is 8.50. The first-order valence-corrected chi connectivity index (χ1v) is 5.43. The molecule has 0 saturated carbocycles. The number of hydrogen-bond donors (Lipinski definition) is 2. The van der Waals surface area contributed by atoms with E-state index in [2.05, 4.69) is 41.0 Å². The van der Waals surface area contributed by atoms with E-state index in [4.69, 9.17) is 0 Å². The van der Waals surface area contributed by atoms with Gasteiger partial charge in [0.2, 0.25) is 0 Å². The van der Waals surface area contributed by atoms with Crippen LogP contribution in [-0.4, -0.2) is 19.1 Å². The second kappa shape index (κ2) is 5.13. The van der Waals surface area contributed by atoms with Crippen molar-refractivity contribution in [1.82, 2.24) is 10.6 Å². The topological polar surface area (TPSA) is 24.1 Å². The van der Waals surface area contributed by atoms with Crippen molar-refractivity contribution in [3.05, 3.63) is 35.9 Å². The Hall–Kier alpha value is -0.860. The zero-order valence-electron chi connectivity index (χ0n) is 8.50. The maximum absolute atomic E-state index is 3.60. The molecule has 14 heavy (non-hydrogen) atoms. The molecule has 2 N–H and O–H groups in total. The van der Waals surface area contributed by atoms with Gasteiger partial charge >= 0.3 is 0 Å². The zero-order chi connectivity index (χ0) is 9.64. The summed E-state index contributed by atoms with van der Waals surface area (Å²) in [5.41, 5.74) is 1.38. The fourth-order valence-electron chi connectivity index (χ4n) is 1.88. The summed E-state index contributed by atoms with van der Waals surface area (Å²) in [5, 5.41) is 6.97. The molecule has 2 nitrogen and oxygen atoms in total. The predicted octanol–water partition coefficient (Wildman–Crippen LogP) is 1.53. The van der Waals surface area contributed by atoms with Crippen molar-refractivity contribution in [2.24, 2.45) is 0 Å². The van der Waals surface area contributed by atoms with Crippen molar-refractivity contribution in [3.8, 4) is 0 Å². The Morgan fingerprint density at radius 3 is 2.57 bits per heavy atom. The highest BCUT2D eigenvalue weighted by Gasteiger charge is 2.11. The lowest BCUT2D eigenvalue weighted by Gasteiger charge is -2.23. The quantitative estimate of drug-likeness (QED) is 0.755. The molecule has 1 aromatic carbocycles. The van der Waals surface area contributed by atoms with Gasteiger partial charge in [0.25, 0.3) is 0 Å². The number of piperidine rings is 1. The molecule has 0 amide bonds. The normalized spacial score (nSPS) is 18.3. The second-order valence-corrected chi connectivity index (χ2v) is 3.89. The third kappa shape index (κ3) is 2.82. The molecule has 1 heterocycles. The number of rotatable bonds is 3. The van der Waals surface area contributed by atoms with Crippen LogP contribution >= 0.6 is 0 Å². The minimum Gasteiger partial charge on any atom is -0.317 e. The molecular weight excluding hydrogens is 172 g/mol. The monoisotopic (exact) mass is 190 g/mol. The Kier molecular flexibility index (Phi) is 3.55. The van der Waals surface area contributed by atoms with Crippen LogP contribution in [0.4, 0.5) is 0 Å². The Bertz CT molecular complexity index is 252. The van der Waals surface area contributed by atoms with Crippen LogP contribution < -0.4 is 10.6 Å². The molecule has 1 saturated heterocycles. The molecule has 1 aromatic rings. The van der Waals surface area contributed by atoms with Gasteiger partial charge < -0.3 is 10.6 Å². The highest BCUT2D eigenvalue weighted by atomic mass is 15.0. The Morgan fingerprint density at radius 1 is 1.14 bits per heavy atom. The van der Waals surface area contributed by atoms with Crippen LogP contribution in [0.5, 0.6) is 0 Å². The van der Waals surface area contributed by atoms with E-state index in [1.807, 2.05) is 0 Å². The molecule has 0 aromatic heterocycles. The number of benzene rings is 1. The Morgan fingerprint density at radius 2 is 1.86 bits per heavy atom. The van der Waals surface area contributed by atoms with E-state index >= 15 is 0 Å². The van der Waals surface area contributed by atoms with Gasteiger partial charge in [-0.1, -0.05) is 30.3 Å². The first kappa shape index (κ1) is 9.69. The molecule has 0 unspecified atom stereocenters. The van der Waals surface area contributed by atoms with E-state index in [0.29, 0.717) is 6.04 Å². The van der Waals surface area contributed by atoms with Crippen LogP contribution in [0.25, 0.3) is 0 Å². The Labute approximate surface area is 85.7 Å². The summed E-state index contributed by atoms with van der Waals surface area (Å²) < 4.78 is 0. The van der Waals surface area contributed by atoms with Crippen LogP contribution in [0.3, 0.4) is 0 Å². The maximum Gasteiger partial charge on any atom is 0.0208 e. The lowest BCUT2D eigenvalue weighted by molar-refractivity contribution is 0.386. The van der Waals surface area contributed by atoms with E-state index in [1.165, 1.54) is 18.4 Å². The molecule has 2 rings (SSSR count). The standard InChI is InChI=1S/C12H18N2/c1-2-4-11(5-3-1)10-14-12-6-8-13-9-7-12/h1-5,12-14H,6-10H2. The van der Waals surface area contributed by atoms with Gasteiger partial charge in [-0.05, 0) is 31.5 Å². The average molecular weight is 190 g/mol. The largest absolute Gasteiger partial charge is 0.317 e. The van der Waals surface area contributed by atoms with Gasteiger partial charge in [0, 0.05) is 12.6 Å². The molecule has 0 atom stereocenters. The molecule has 2 heteroatoms. The summed E-state index contributed by atoms with van der Waals surface area (Å²) in [6.45, 7) is 3.32. The predicted molar refractivity (Wildman–Crippen MR) is 59.2 cm³/mol. The Balaban J connectivity index is 1.76. The van der Waals surface area contributed by atoms with Crippen molar-refractivity contribution in [2.45, 2.75) is 25.4 Å². The van der Waals surface area contributed by atoms with Gasteiger partial charge in [-0.2, -0.15) is 0 Å². The van der Waals surface area contributed by atoms with Gasteiger partial charge in [0.05, 0.1) is 0 Å². The molecule has 0 bridgehead atoms. The van der Waals surface area contributed by atoms with E-state index in [-0.39, 0.29) is 0 Å². The van der Waals surface area contributed by atoms with Crippen LogP contribution in [0.15, 0.2) is 30.3 Å². The molecule has 1 aliphatic heterocycles. The van der Waals surface area contributed by atoms with Gasteiger partial charge in [-0.3, -0.25) is 0 Å². The summed E-state index contributed by atoms with van der Waals surface area (Å²) >= 11 is 0. The average Bonchev–Trinajstić information content (AvgIpc) is 2.29. The summed E-state index contributed by atoms with van der Waals surface area (Å²) in [5.74, 6) is 0. The number of hydrogen-bond acceptors (Lipinski definition) is 2. The molecule has 0 radical (unpaired) electrons. The van der Waals surface area contributed by atoms with Crippen LogP contribution in [0.2, 0.25) is 0 Å². The molecule has 0 spiro atoms. The van der Waals surface area contributed by atoms with Crippen molar-refractivity contribution < 1.29 is 0 Å². The lowest BCUT2D eigenvalue weighted by Crippen LogP contribution is -2.39. The minimum atomic E-state index is 0.705. The second-order valence-electron chi connectivity index (χ2n) is 3.89. The van der Waals surface area contributed by atoms with Crippen molar-refractivity contribution in [1.29, 1.82) is 0 Å². The molecular formula is C12H18N2. The molecule has 76 valence electrons. The van der Waals surface area contributed by atoms with E-state index in [9.17, 15) is 0 Å². The minimum absolute atomic E-state index is 0.705. The van der Waals surface area contributed by atoms with Gasteiger partial charge in [-0.25, -0.2) is 0 Å². The fraction of sp³-hybridized carbons (Fsp3) is 0.500. The third-order valence-electron chi connectivity index (χ3n) is 2.78. The first-order valence-electron chi connectivity index (χ1n) is 5.43.